The first-order valence-corrected chi connectivity index (χ1v) is 11.6. The van der Waals surface area contributed by atoms with E-state index in [1.54, 1.807) is 18.3 Å². The molecule has 1 aromatic carbocycles. The average molecular weight is 466 g/mol. The average Bonchev–Trinajstić information content (AvgIpc) is 3.32. The summed E-state index contributed by atoms with van der Waals surface area (Å²) in [6, 6.07) is 13.1. The summed E-state index contributed by atoms with van der Waals surface area (Å²) in [4.78, 5) is 16.7. The maximum atomic E-state index is 12.6. The summed E-state index contributed by atoms with van der Waals surface area (Å²) < 4.78 is 18.4. The van der Waals surface area contributed by atoms with Crippen LogP contribution in [0.3, 0.4) is 0 Å². The van der Waals surface area contributed by atoms with Crippen LogP contribution < -0.4 is 15.8 Å². The molecule has 0 saturated heterocycles. The summed E-state index contributed by atoms with van der Waals surface area (Å²) in [6.07, 6.45) is 6.25. The summed E-state index contributed by atoms with van der Waals surface area (Å²) in [5, 5.41) is 7.73. The zero-order valence-electron chi connectivity index (χ0n) is 19.2. The van der Waals surface area contributed by atoms with E-state index in [2.05, 4.69) is 15.4 Å². The molecule has 0 unspecified atom stereocenters. The van der Waals surface area contributed by atoms with Gasteiger partial charge in [0.1, 0.15) is 18.1 Å². The molecule has 2 heterocycles. The van der Waals surface area contributed by atoms with Gasteiger partial charge >= 0.3 is 0 Å². The largest absolute Gasteiger partial charge is 0.491 e. The van der Waals surface area contributed by atoms with Crippen molar-refractivity contribution in [3.63, 3.8) is 0 Å². The van der Waals surface area contributed by atoms with Gasteiger partial charge in [0.15, 0.2) is 0 Å². The van der Waals surface area contributed by atoms with Crippen LogP contribution in [0, 0.1) is 0 Å². The molecule has 1 atom stereocenters. The fourth-order valence-electron chi connectivity index (χ4n) is 3.97. The Morgan fingerprint density at radius 2 is 1.85 bits per heavy atom. The van der Waals surface area contributed by atoms with Gasteiger partial charge in [-0.3, -0.25) is 9.78 Å². The van der Waals surface area contributed by atoms with Gasteiger partial charge in [-0.05, 0) is 55.7 Å². The van der Waals surface area contributed by atoms with E-state index < -0.39 is 0 Å². The Kier molecular flexibility index (Phi) is 8.61. The van der Waals surface area contributed by atoms with Gasteiger partial charge in [-0.25, -0.2) is 4.68 Å². The van der Waals surface area contributed by atoms with Crippen molar-refractivity contribution in [2.24, 2.45) is 5.73 Å². The second-order valence-electron chi connectivity index (χ2n) is 7.95. The van der Waals surface area contributed by atoms with Crippen LogP contribution >= 0.6 is 0 Å². The monoisotopic (exact) mass is 465 g/mol. The van der Waals surface area contributed by atoms with Gasteiger partial charge in [-0.1, -0.05) is 6.07 Å². The number of benzene rings is 1. The van der Waals surface area contributed by atoms with E-state index in [1.165, 1.54) is 0 Å². The maximum Gasteiger partial charge on any atom is 0.270 e. The Balaban J connectivity index is 1.32. The molecule has 0 bridgehead atoms. The lowest BCUT2D eigenvalue weighted by molar-refractivity contribution is 0.0388. The molecular formula is C25H31N5O4. The van der Waals surface area contributed by atoms with Crippen molar-refractivity contribution in [1.29, 1.82) is 0 Å². The molecule has 0 spiro atoms. The number of pyridine rings is 1. The lowest BCUT2D eigenvalue weighted by atomic mass is 9.92. The molecular weight excluding hydrogens is 434 g/mol. The van der Waals surface area contributed by atoms with E-state index in [0.717, 1.165) is 42.0 Å². The minimum Gasteiger partial charge on any atom is -0.491 e. The molecule has 0 fully saturated rings. The van der Waals surface area contributed by atoms with Crippen molar-refractivity contribution < 1.29 is 19.0 Å². The Hall–Kier alpha value is -3.27. The van der Waals surface area contributed by atoms with Gasteiger partial charge in [0.25, 0.3) is 5.91 Å². The van der Waals surface area contributed by atoms with Gasteiger partial charge in [0, 0.05) is 24.0 Å². The molecule has 3 N–H and O–H groups in total. The number of nitrogens with two attached hydrogens (primary N) is 1. The summed E-state index contributed by atoms with van der Waals surface area (Å²) in [5.74, 6) is 0.605. The first-order chi connectivity index (χ1) is 16.8. The van der Waals surface area contributed by atoms with Crippen molar-refractivity contribution in [2.75, 3.05) is 39.6 Å². The topological polar surface area (TPSA) is 114 Å². The number of hydrogen-bond donors (Lipinski definition) is 2. The fourth-order valence-corrected chi connectivity index (χ4v) is 3.97. The Morgan fingerprint density at radius 1 is 1.06 bits per heavy atom. The maximum absolute atomic E-state index is 12.6. The predicted molar refractivity (Wildman–Crippen MR) is 127 cm³/mol. The van der Waals surface area contributed by atoms with Crippen molar-refractivity contribution in [3.05, 3.63) is 71.8 Å². The molecule has 3 aromatic rings. The summed E-state index contributed by atoms with van der Waals surface area (Å²) in [6.45, 7) is 3.08. The second-order valence-corrected chi connectivity index (χ2v) is 7.95. The first kappa shape index (κ1) is 23.9. The van der Waals surface area contributed by atoms with Crippen LogP contribution in [-0.4, -0.2) is 60.3 Å². The third-order valence-corrected chi connectivity index (χ3v) is 5.60. The van der Waals surface area contributed by atoms with Gasteiger partial charge in [0.2, 0.25) is 0 Å². The third-order valence-electron chi connectivity index (χ3n) is 5.60. The number of hydrogen-bond acceptors (Lipinski definition) is 7. The molecule has 4 rings (SSSR count). The third kappa shape index (κ3) is 6.19. The van der Waals surface area contributed by atoms with Crippen LogP contribution in [0.4, 0.5) is 0 Å². The zero-order valence-corrected chi connectivity index (χ0v) is 19.2. The van der Waals surface area contributed by atoms with Crippen molar-refractivity contribution in [2.45, 2.75) is 25.3 Å². The minimum absolute atomic E-state index is 0.0738. The number of nitrogens with one attached hydrogen (secondary N) is 1. The normalized spacial score (nSPS) is 15.0. The highest BCUT2D eigenvalue weighted by molar-refractivity contribution is 5.92. The van der Waals surface area contributed by atoms with Crippen molar-refractivity contribution in [1.82, 2.24) is 20.1 Å². The highest BCUT2D eigenvalue weighted by atomic mass is 16.5. The number of carbonyl (C=O) groups is 1. The van der Waals surface area contributed by atoms with Crippen LogP contribution in [0.1, 0.15) is 40.6 Å². The molecule has 0 radical (unpaired) electrons. The van der Waals surface area contributed by atoms with E-state index in [1.807, 2.05) is 41.2 Å². The number of rotatable bonds is 12. The molecule has 0 aliphatic heterocycles. The van der Waals surface area contributed by atoms with Crippen LogP contribution in [0.15, 0.2) is 54.9 Å². The number of amides is 1. The molecule has 180 valence electrons. The number of nitrogens with zero attached hydrogens (tertiary/aromatic N) is 3. The van der Waals surface area contributed by atoms with Crippen LogP contribution in [-0.2, 0) is 15.9 Å². The summed E-state index contributed by atoms with van der Waals surface area (Å²) in [5.41, 5.74) is 8.92. The van der Waals surface area contributed by atoms with Crippen molar-refractivity contribution >= 4 is 5.91 Å². The minimum atomic E-state index is -0.167. The van der Waals surface area contributed by atoms with E-state index in [4.69, 9.17) is 19.9 Å². The molecule has 0 saturated carbocycles. The Labute approximate surface area is 199 Å². The standard InChI is InChI=1S/C25H31N5O4/c26-11-13-32-14-15-33-16-17-34-20-9-7-19(8-10-20)30-24-6-3-5-22(21(24)18-28-30)29-25(31)23-4-1-2-12-27-23/h1-2,4,7-10,12,18,22H,3,5-6,11,13-17,26H2,(H,29,31)/t22-/m1/s1. The molecule has 34 heavy (non-hydrogen) atoms. The number of fused-ring (bicyclic) bond motifs is 1. The first-order valence-electron chi connectivity index (χ1n) is 11.6. The highest BCUT2D eigenvalue weighted by Crippen LogP contribution is 2.31. The SMILES string of the molecule is NCCOCCOCCOc1ccc(-n2ncc3c2CCC[C@H]3NC(=O)c2ccccn2)cc1. The van der Waals surface area contributed by atoms with E-state index in [9.17, 15) is 4.79 Å². The van der Waals surface area contributed by atoms with Gasteiger partial charge in [0.05, 0.1) is 44.4 Å². The quantitative estimate of drug-likeness (QED) is 0.395. The molecule has 9 nitrogen and oxygen atoms in total. The van der Waals surface area contributed by atoms with E-state index >= 15 is 0 Å². The smallest absolute Gasteiger partial charge is 0.270 e. The van der Waals surface area contributed by atoms with Gasteiger partial charge in [-0.2, -0.15) is 5.10 Å². The second kappa shape index (κ2) is 12.3. The van der Waals surface area contributed by atoms with E-state index in [0.29, 0.717) is 45.3 Å². The molecule has 1 amide bonds. The molecule has 1 aliphatic carbocycles. The van der Waals surface area contributed by atoms with Crippen LogP contribution in [0.5, 0.6) is 5.75 Å². The molecule has 1 aliphatic rings. The predicted octanol–water partition coefficient (Wildman–Crippen LogP) is 2.45. The fraction of sp³-hybridized carbons (Fsp3) is 0.400. The van der Waals surface area contributed by atoms with E-state index in [-0.39, 0.29) is 11.9 Å². The van der Waals surface area contributed by atoms with Gasteiger partial charge < -0.3 is 25.3 Å². The van der Waals surface area contributed by atoms with Crippen molar-refractivity contribution in [3.8, 4) is 11.4 Å². The van der Waals surface area contributed by atoms with Gasteiger partial charge in [-0.15, -0.1) is 0 Å². The lowest BCUT2D eigenvalue weighted by Crippen LogP contribution is -2.31. The number of aromatic nitrogens is 3. The summed E-state index contributed by atoms with van der Waals surface area (Å²) in [7, 11) is 0. The number of ether oxygens (including phenoxy) is 3. The summed E-state index contributed by atoms with van der Waals surface area (Å²) >= 11 is 0. The van der Waals surface area contributed by atoms with Crippen LogP contribution in [0.2, 0.25) is 0 Å². The highest BCUT2D eigenvalue weighted by Gasteiger charge is 2.26. The zero-order chi connectivity index (χ0) is 23.6. The lowest BCUT2D eigenvalue weighted by Gasteiger charge is -2.24. The van der Waals surface area contributed by atoms with Crippen LogP contribution in [0.25, 0.3) is 5.69 Å². The Morgan fingerprint density at radius 3 is 2.62 bits per heavy atom. The number of carbonyl (C=O) groups excluding carboxylic acids is 1. The molecule has 2 aromatic heterocycles. The molecule has 9 heteroatoms. The Bertz CT molecular complexity index is 1040.